The quantitative estimate of drug-likeness (QED) is 0.808. The van der Waals surface area contributed by atoms with E-state index in [1.54, 1.807) is 0 Å². The third-order valence-electron chi connectivity index (χ3n) is 4.30. The van der Waals surface area contributed by atoms with Crippen molar-refractivity contribution < 1.29 is 9.53 Å². The normalized spacial score (nSPS) is 10.4. The molecule has 0 saturated heterocycles. The monoisotopic (exact) mass is 340 g/mol. The van der Waals surface area contributed by atoms with Gasteiger partial charge in [-0.3, -0.25) is 4.79 Å². The standard InChI is InChI=1S/C21H28N2O2/c1-6-23(7-2)18-9-10-19(16(4)13-18)22-21(24)14-25-20-11-8-15(3)12-17(20)5/h8-13H,6-7,14H2,1-5H3,(H,22,24). The zero-order chi connectivity index (χ0) is 18.4. The number of rotatable bonds is 7. The highest BCUT2D eigenvalue weighted by molar-refractivity contribution is 5.92. The topological polar surface area (TPSA) is 41.6 Å². The van der Waals surface area contributed by atoms with Gasteiger partial charge in [0.25, 0.3) is 5.91 Å². The Hall–Kier alpha value is -2.49. The maximum Gasteiger partial charge on any atom is 0.262 e. The predicted octanol–water partition coefficient (Wildman–Crippen LogP) is 4.48. The van der Waals surface area contributed by atoms with Crippen molar-refractivity contribution in [2.24, 2.45) is 0 Å². The van der Waals surface area contributed by atoms with Crippen LogP contribution in [0.15, 0.2) is 36.4 Å². The van der Waals surface area contributed by atoms with Crippen molar-refractivity contribution in [1.82, 2.24) is 0 Å². The minimum Gasteiger partial charge on any atom is -0.483 e. The molecular weight excluding hydrogens is 312 g/mol. The summed E-state index contributed by atoms with van der Waals surface area (Å²) < 4.78 is 5.64. The molecule has 0 spiro atoms. The Labute approximate surface area is 150 Å². The van der Waals surface area contributed by atoms with Crippen LogP contribution in [0.2, 0.25) is 0 Å². The molecule has 1 amide bonds. The number of ether oxygens (including phenoxy) is 1. The highest BCUT2D eigenvalue weighted by Crippen LogP contribution is 2.23. The number of nitrogens with one attached hydrogen (secondary N) is 1. The zero-order valence-corrected chi connectivity index (χ0v) is 15.8. The molecule has 4 nitrogen and oxygen atoms in total. The number of aryl methyl sites for hydroxylation is 3. The number of hydrogen-bond acceptors (Lipinski definition) is 3. The summed E-state index contributed by atoms with van der Waals surface area (Å²) in [7, 11) is 0. The molecule has 4 heteroatoms. The lowest BCUT2D eigenvalue weighted by atomic mass is 10.1. The van der Waals surface area contributed by atoms with E-state index in [1.165, 1.54) is 11.3 Å². The summed E-state index contributed by atoms with van der Waals surface area (Å²) in [6, 6.07) is 12.0. The molecule has 0 aliphatic rings. The first-order valence-electron chi connectivity index (χ1n) is 8.80. The van der Waals surface area contributed by atoms with Gasteiger partial charge in [0.05, 0.1) is 0 Å². The molecule has 2 aromatic rings. The second-order valence-electron chi connectivity index (χ2n) is 6.28. The van der Waals surface area contributed by atoms with Gasteiger partial charge in [0.1, 0.15) is 5.75 Å². The molecule has 0 atom stereocenters. The number of nitrogens with zero attached hydrogens (tertiary/aromatic N) is 1. The second kappa shape index (κ2) is 8.56. The second-order valence-corrected chi connectivity index (χ2v) is 6.28. The van der Waals surface area contributed by atoms with Gasteiger partial charge in [-0.15, -0.1) is 0 Å². The maximum atomic E-state index is 12.2. The van der Waals surface area contributed by atoms with E-state index in [0.29, 0.717) is 0 Å². The molecule has 0 heterocycles. The molecule has 0 bridgehead atoms. The van der Waals surface area contributed by atoms with Gasteiger partial charge < -0.3 is 15.0 Å². The summed E-state index contributed by atoms with van der Waals surface area (Å²) in [4.78, 5) is 14.5. The molecule has 2 rings (SSSR count). The van der Waals surface area contributed by atoms with Gasteiger partial charge in [-0.1, -0.05) is 17.7 Å². The SMILES string of the molecule is CCN(CC)c1ccc(NC(=O)COc2ccc(C)cc2C)c(C)c1. The first kappa shape index (κ1) is 18.8. The van der Waals surface area contributed by atoms with Crippen LogP contribution in [-0.2, 0) is 4.79 Å². The average molecular weight is 340 g/mol. The number of carbonyl (C=O) groups is 1. The van der Waals surface area contributed by atoms with Gasteiger partial charge in [0.2, 0.25) is 0 Å². The minimum atomic E-state index is -0.154. The summed E-state index contributed by atoms with van der Waals surface area (Å²) in [5, 5.41) is 2.93. The van der Waals surface area contributed by atoms with Gasteiger partial charge in [0, 0.05) is 24.5 Å². The van der Waals surface area contributed by atoms with Crippen molar-refractivity contribution in [3.8, 4) is 5.75 Å². The molecule has 0 unspecified atom stereocenters. The third-order valence-corrected chi connectivity index (χ3v) is 4.30. The van der Waals surface area contributed by atoms with Crippen LogP contribution in [0, 0.1) is 20.8 Å². The van der Waals surface area contributed by atoms with Crippen molar-refractivity contribution in [1.29, 1.82) is 0 Å². The molecule has 2 aromatic carbocycles. The Kier molecular flexibility index (Phi) is 6.45. The number of anilines is 2. The predicted molar refractivity (Wildman–Crippen MR) is 105 cm³/mol. The van der Waals surface area contributed by atoms with E-state index in [0.717, 1.165) is 35.7 Å². The molecule has 25 heavy (non-hydrogen) atoms. The lowest BCUT2D eigenvalue weighted by Gasteiger charge is -2.22. The van der Waals surface area contributed by atoms with Gasteiger partial charge in [-0.25, -0.2) is 0 Å². The Bertz CT molecular complexity index is 737. The summed E-state index contributed by atoms with van der Waals surface area (Å²) in [5.41, 5.74) is 5.26. The molecule has 134 valence electrons. The number of benzene rings is 2. The molecule has 0 radical (unpaired) electrons. The molecular formula is C21H28N2O2. The largest absolute Gasteiger partial charge is 0.483 e. The molecule has 0 aliphatic carbocycles. The third kappa shape index (κ3) is 4.99. The van der Waals surface area contributed by atoms with E-state index in [9.17, 15) is 4.79 Å². The van der Waals surface area contributed by atoms with E-state index in [2.05, 4.69) is 30.1 Å². The van der Waals surface area contributed by atoms with Gasteiger partial charge in [-0.05, 0) is 70.0 Å². The fourth-order valence-electron chi connectivity index (χ4n) is 2.86. The minimum absolute atomic E-state index is 0.00113. The van der Waals surface area contributed by atoms with E-state index in [1.807, 2.05) is 51.1 Å². The molecule has 0 aliphatic heterocycles. The molecule has 0 saturated carbocycles. The molecule has 0 aromatic heterocycles. The Morgan fingerprint density at radius 2 is 1.72 bits per heavy atom. The van der Waals surface area contributed by atoms with Crippen LogP contribution in [0.25, 0.3) is 0 Å². The van der Waals surface area contributed by atoms with E-state index in [4.69, 9.17) is 4.74 Å². The molecule has 1 N–H and O–H groups in total. The van der Waals surface area contributed by atoms with Crippen molar-refractivity contribution in [2.45, 2.75) is 34.6 Å². The fourth-order valence-corrected chi connectivity index (χ4v) is 2.86. The maximum absolute atomic E-state index is 12.2. The van der Waals surface area contributed by atoms with Crippen LogP contribution in [0.3, 0.4) is 0 Å². The number of carbonyl (C=O) groups excluding carboxylic acids is 1. The van der Waals surface area contributed by atoms with E-state index < -0.39 is 0 Å². The Balaban J connectivity index is 1.98. The summed E-state index contributed by atoms with van der Waals surface area (Å²) in [6.07, 6.45) is 0. The van der Waals surface area contributed by atoms with Crippen LogP contribution in [0.1, 0.15) is 30.5 Å². The molecule has 0 fully saturated rings. The highest BCUT2D eigenvalue weighted by Gasteiger charge is 2.09. The van der Waals surface area contributed by atoms with E-state index in [-0.39, 0.29) is 12.5 Å². The number of hydrogen-bond donors (Lipinski definition) is 1. The van der Waals surface area contributed by atoms with Gasteiger partial charge in [0.15, 0.2) is 6.61 Å². The van der Waals surface area contributed by atoms with Crippen LogP contribution in [0.4, 0.5) is 11.4 Å². The first-order valence-corrected chi connectivity index (χ1v) is 8.80. The Morgan fingerprint density at radius 3 is 2.32 bits per heavy atom. The fraction of sp³-hybridized carbons (Fsp3) is 0.381. The van der Waals surface area contributed by atoms with Crippen molar-refractivity contribution >= 4 is 17.3 Å². The van der Waals surface area contributed by atoms with Crippen molar-refractivity contribution in [3.63, 3.8) is 0 Å². The number of amides is 1. The highest BCUT2D eigenvalue weighted by atomic mass is 16.5. The van der Waals surface area contributed by atoms with Crippen LogP contribution in [0.5, 0.6) is 5.75 Å². The summed E-state index contributed by atoms with van der Waals surface area (Å²) in [5.74, 6) is 0.591. The first-order chi connectivity index (χ1) is 11.9. The average Bonchev–Trinajstić information content (AvgIpc) is 2.57. The lowest BCUT2D eigenvalue weighted by molar-refractivity contribution is -0.118. The summed E-state index contributed by atoms with van der Waals surface area (Å²) >= 11 is 0. The van der Waals surface area contributed by atoms with Crippen LogP contribution in [-0.4, -0.2) is 25.6 Å². The van der Waals surface area contributed by atoms with Gasteiger partial charge in [-0.2, -0.15) is 0 Å². The van der Waals surface area contributed by atoms with E-state index >= 15 is 0 Å². The van der Waals surface area contributed by atoms with Crippen molar-refractivity contribution in [3.05, 3.63) is 53.1 Å². The van der Waals surface area contributed by atoms with Crippen LogP contribution < -0.4 is 15.0 Å². The summed E-state index contributed by atoms with van der Waals surface area (Å²) in [6.45, 7) is 12.2. The smallest absolute Gasteiger partial charge is 0.262 e. The van der Waals surface area contributed by atoms with Gasteiger partial charge >= 0.3 is 0 Å². The van der Waals surface area contributed by atoms with Crippen LogP contribution >= 0.6 is 0 Å². The lowest BCUT2D eigenvalue weighted by Crippen LogP contribution is -2.23. The Morgan fingerprint density at radius 1 is 1.00 bits per heavy atom. The zero-order valence-electron chi connectivity index (χ0n) is 15.8. The van der Waals surface area contributed by atoms with Crippen molar-refractivity contribution in [2.75, 3.05) is 29.9 Å².